The molecule has 3 aromatic carbocycles. The molecule has 0 aliphatic carbocycles. The lowest BCUT2D eigenvalue weighted by Crippen LogP contribution is -2.29. The van der Waals surface area contributed by atoms with Crippen LogP contribution in [0.15, 0.2) is 72.3 Å². The molecule has 1 fully saturated rings. The van der Waals surface area contributed by atoms with Crippen LogP contribution < -0.4 is 9.64 Å². The fourth-order valence-electron chi connectivity index (χ4n) is 4.72. The standard InChI is InChI=1S/C33H36ClNO4/c1-6-7-8-19-39-26-17-12-23(13-18-26)30(36)28-29(22-10-14-24(15-11-22)33(3,4)5)35(32(38)31(28)37)25-16-9-21(2)27(34)20-25/h9-18,20,29,36H,6-8,19H2,1-5H3/b30-28+. The number of anilines is 1. The van der Waals surface area contributed by atoms with Crippen LogP contribution >= 0.6 is 11.6 Å². The molecule has 1 unspecified atom stereocenters. The summed E-state index contributed by atoms with van der Waals surface area (Å²) in [6, 6.07) is 19.2. The quantitative estimate of drug-likeness (QED) is 0.134. The fourth-order valence-corrected chi connectivity index (χ4v) is 4.89. The minimum atomic E-state index is -0.817. The van der Waals surface area contributed by atoms with Crippen molar-refractivity contribution in [3.8, 4) is 5.75 Å². The van der Waals surface area contributed by atoms with Crippen molar-refractivity contribution >= 4 is 34.7 Å². The summed E-state index contributed by atoms with van der Waals surface area (Å²) in [5, 5.41) is 11.9. The molecule has 6 heteroatoms. The Balaban J connectivity index is 1.79. The third-order valence-corrected chi connectivity index (χ3v) is 7.52. The predicted octanol–water partition coefficient (Wildman–Crippen LogP) is 8.14. The first-order valence-corrected chi connectivity index (χ1v) is 13.8. The molecular weight excluding hydrogens is 510 g/mol. The maximum absolute atomic E-state index is 13.5. The second kappa shape index (κ2) is 11.7. The van der Waals surface area contributed by atoms with E-state index in [1.165, 1.54) is 4.90 Å². The summed E-state index contributed by atoms with van der Waals surface area (Å²) in [5.74, 6) is -0.991. The monoisotopic (exact) mass is 545 g/mol. The molecule has 1 amide bonds. The van der Waals surface area contributed by atoms with E-state index in [1.807, 2.05) is 37.3 Å². The number of aliphatic hydroxyl groups excluding tert-OH is 1. The van der Waals surface area contributed by atoms with Crippen LogP contribution in [0.5, 0.6) is 5.75 Å². The van der Waals surface area contributed by atoms with Crippen molar-refractivity contribution in [2.45, 2.75) is 65.3 Å². The number of carbonyl (C=O) groups excluding carboxylic acids is 2. The molecule has 1 aliphatic rings. The molecule has 5 nitrogen and oxygen atoms in total. The molecule has 1 aliphatic heterocycles. The number of amides is 1. The van der Waals surface area contributed by atoms with Gasteiger partial charge in [-0.15, -0.1) is 0 Å². The Hall–Kier alpha value is -3.57. The molecule has 0 radical (unpaired) electrons. The van der Waals surface area contributed by atoms with E-state index in [1.54, 1.807) is 36.4 Å². The number of unbranched alkanes of at least 4 members (excludes halogenated alkanes) is 2. The highest BCUT2D eigenvalue weighted by atomic mass is 35.5. The number of halogens is 1. The van der Waals surface area contributed by atoms with Crippen LogP contribution in [-0.2, 0) is 15.0 Å². The van der Waals surface area contributed by atoms with Crippen LogP contribution in [-0.4, -0.2) is 23.4 Å². The Labute approximate surface area is 236 Å². The number of rotatable bonds is 8. The highest BCUT2D eigenvalue weighted by Gasteiger charge is 2.47. The van der Waals surface area contributed by atoms with Gasteiger partial charge in [-0.3, -0.25) is 14.5 Å². The third kappa shape index (κ3) is 6.04. The molecular formula is C33H36ClNO4. The van der Waals surface area contributed by atoms with Crippen molar-refractivity contribution in [3.63, 3.8) is 0 Å². The number of hydrogen-bond acceptors (Lipinski definition) is 4. The number of aryl methyl sites for hydroxylation is 1. The Morgan fingerprint density at radius 3 is 2.23 bits per heavy atom. The second-order valence-electron chi connectivity index (χ2n) is 11.1. The summed E-state index contributed by atoms with van der Waals surface area (Å²) >= 11 is 6.41. The molecule has 0 saturated carbocycles. The van der Waals surface area contributed by atoms with E-state index in [9.17, 15) is 14.7 Å². The van der Waals surface area contributed by atoms with Gasteiger partial charge in [-0.25, -0.2) is 0 Å². The Kier molecular flexibility index (Phi) is 8.51. The molecule has 0 spiro atoms. The van der Waals surface area contributed by atoms with Gasteiger partial charge in [-0.05, 0) is 71.8 Å². The molecule has 1 N–H and O–H groups in total. The lowest BCUT2D eigenvalue weighted by molar-refractivity contribution is -0.132. The number of carbonyl (C=O) groups is 2. The average molecular weight is 546 g/mol. The van der Waals surface area contributed by atoms with Gasteiger partial charge in [0.2, 0.25) is 0 Å². The van der Waals surface area contributed by atoms with E-state index in [2.05, 4.69) is 27.7 Å². The van der Waals surface area contributed by atoms with Crippen LogP contribution in [0.4, 0.5) is 5.69 Å². The van der Waals surface area contributed by atoms with Crippen molar-refractivity contribution in [1.82, 2.24) is 0 Å². The summed E-state index contributed by atoms with van der Waals surface area (Å²) in [5.41, 5.74) is 3.61. The average Bonchev–Trinajstić information content (AvgIpc) is 3.18. The van der Waals surface area contributed by atoms with Crippen molar-refractivity contribution in [2.75, 3.05) is 11.5 Å². The number of ketones is 1. The summed E-state index contributed by atoms with van der Waals surface area (Å²) in [4.78, 5) is 28.3. The predicted molar refractivity (Wildman–Crippen MR) is 158 cm³/mol. The van der Waals surface area contributed by atoms with E-state index in [0.717, 1.165) is 36.0 Å². The zero-order valence-electron chi connectivity index (χ0n) is 23.3. The van der Waals surface area contributed by atoms with Crippen LogP contribution in [0, 0.1) is 6.92 Å². The number of nitrogens with zero attached hydrogens (tertiary/aromatic N) is 1. The van der Waals surface area contributed by atoms with Gasteiger partial charge < -0.3 is 9.84 Å². The van der Waals surface area contributed by atoms with Crippen LogP contribution in [0.3, 0.4) is 0 Å². The van der Waals surface area contributed by atoms with Crippen molar-refractivity contribution in [2.24, 2.45) is 0 Å². The number of aliphatic hydroxyl groups is 1. The highest BCUT2D eigenvalue weighted by molar-refractivity contribution is 6.51. The van der Waals surface area contributed by atoms with E-state index in [0.29, 0.717) is 28.6 Å². The lowest BCUT2D eigenvalue weighted by atomic mass is 9.85. The first-order valence-electron chi connectivity index (χ1n) is 13.4. The first-order chi connectivity index (χ1) is 18.5. The van der Waals surface area contributed by atoms with E-state index < -0.39 is 17.7 Å². The number of hydrogen-bond donors (Lipinski definition) is 1. The first kappa shape index (κ1) is 28.4. The van der Waals surface area contributed by atoms with Gasteiger partial charge in [-0.2, -0.15) is 0 Å². The van der Waals surface area contributed by atoms with Crippen LogP contribution in [0.25, 0.3) is 5.76 Å². The summed E-state index contributed by atoms with van der Waals surface area (Å²) in [7, 11) is 0. The van der Waals surface area contributed by atoms with Crippen LogP contribution in [0.1, 0.15) is 75.3 Å². The lowest BCUT2D eigenvalue weighted by Gasteiger charge is -2.27. The molecule has 1 heterocycles. The van der Waals surface area contributed by atoms with Crippen molar-refractivity contribution in [3.05, 3.63) is 99.6 Å². The third-order valence-electron chi connectivity index (χ3n) is 7.11. The smallest absolute Gasteiger partial charge is 0.300 e. The topological polar surface area (TPSA) is 66.8 Å². The minimum Gasteiger partial charge on any atom is -0.507 e. The molecule has 4 rings (SSSR count). The SMILES string of the molecule is CCCCCOc1ccc(/C(O)=C2\C(=O)C(=O)N(c3ccc(C)c(Cl)c3)C2c2ccc(C(C)(C)C)cc2)cc1. The minimum absolute atomic E-state index is 0.0387. The zero-order valence-corrected chi connectivity index (χ0v) is 24.0. The molecule has 0 bridgehead atoms. The summed E-state index contributed by atoms with van der Waals surface area (Å²) < 4.78 is 5.79. The normalized spacial score (nSPS) is 17.1. The maximum atomic E-state index is 13.5. The van der Waals surface area contributed by atoms with Crippen molar-refractivity contribution in [1.29, 1.82) is 0 Å². The Morgan fingerprint density at radius 1 is 0.974 bits per heavy atom. The Morgan fingerprint density at radius 2 is 1.64 bits per heavy atom. The van der Waals surface area contributed by atoms with E-state index >= 15 is 0 Å². The van der Waals surface area contributed by atoms with Gasteiger partial charge in [0.05, 0.1) is 18.2 Å². The molecule has 1 saturated heterocycles. The molecule has 0 aromatic heterocycles. The Bertz CT molecular complexity index is 1380. The summed E-state index contributed by atoms with van der Waals surface area (Å²) in [6.45, 7) is 11.0. The van der Waals surface area contributed by atoms with Gasteiger partial charge in [0.25, 0.3) is 11.7 Å². The van der Waals surface area contributed by atoms with Gasteiger partial charge in [0.1, 0.15) is 11.5 Å². The molecule has 3 aromatic rings. The largest absolute Gasteiger partial charge is 0.507 e. The molecule has 1 atom stereocenters. The van der Waals surface area contributed by atoms with E-state index in [4.69, 9.17) is 16.3 Å². The maximum Gasteiger partial charge on any atom is 0.300 e. The van der Waals surface area contributed by atoms with Gasteiger partial charge in [-0.1, -0.05) is 82.5 Å². The second-order valence-corrected chi connectivity index (χ2v) is 11.5. The summed E-state index contributed by atoms with van der Waals surface area (Å²) in [6.07, 6.45) is 3.18. The van der Waals surface area contributed by atoms with Crippen LogP contribution in [0.2, 0.25) is 5.02 Å². The fraction of sp³-hybridized carbons (Fsp3) is 0.333. The van der Waals surface area contributed by atoms with Gasteiger partial charge in [0, 0.05) is 16.3 Å². The van der Waals surface area contributed by atoms with Crippen molar-refractivity contribution < 1.29 is 19.4 Å². The number of Topliss-reactive ketones (excluding diaryl/α,β-unsaturated/α-hetero) is 1. The van der Waals surface area contributed by atoms with E-state index in [-0.39, 0.29) is 16.7 Å². The van der Waals surface area contributed by atoms with Gasteiger partial charge >= 0.3 is 0 Å². The number of ether oxygens (including phenoxy) is 1. The highest BCUT2D eigenvalue weighted by Crippen LogP contribution is 2.43. The van der Waals surface area contributed by atoms with Gasteiger partial charge in [0.15, 0.2) is 0 Å². The zero-order chi connectivity index (χ0) is 28.3. The molecule has 204 valence electrons. The number of benzene rings is 3. The molecule has 39 heavy (non-hydrogen) atoms.